The number of benzene rings is 1. The molecular weight excluding hydrogens is 324 g/mol. The zero-order valence-electron chi connectivity index (χ0n) is 15.8. The van der Waals surface area contributed by atoms with Gasteiger partial charge in [-0.05, 0) is 36.1 Å². The van der Waals surface area contributed by atoms with Crippen molar-refractivity contribution in [1.82, 2.24) is 0 Å². The molecule has 1 aliphatic heterocycles. The van der Waals surface area contributed by atoms with Crippen molar-refractivity contribution in [2.45, 2.75) is 26.2 Å². The minimum Gasteiger partial charge on any atom is -0.321 e. The van der Waals surface area contributed by atoms with Gasteiger partial charge in [0, 0.05) is 11.8 Å². The van der Waals surface area contributed by atoms with Crippen LogP contribution in [0.3, 0.4) is 0 Å². The maximum Gasteiger partial charge on any atom is 0.279 e. The van der Waals surface area contributed by atoms with Crippen LogP contribution in [0.5, 0.6) is 0 Å². The number of carbonyl (C=O) groups excluding carboxylic acids is 1. The second-order valence-electron chi connectivity index (χ2n) is 7.14. The number of hydrogen-bond donors (Lipinski definition) is 2. The average Bonchev–Trinajstić information content (AvgIpc) is 2.69. The summed E-state index contributed by atoms with van der Waals surface area (Å²) in [4.78, 5) is 19.3. The van der Waals surface area contributed by atoms with E-state index in [1.165, 1.54) is 10.5 Å². The lowest BCUT2D eigenvalue weighted by atomic mass is 9.99. The SMILES string of the molecule is CC[C@@H](C)c1ccc(NC(=O)C[NH+]2CCN(c3cccc[nH+]3)CC2)cc1. The van der Waals surface area contributed by atoms with Crippen molar-refractivity contribution < 1.29 is 14.7 Å². The lowest BCUT2D eigenvalue weighted by molar-refractivity contribution is -0.892. The van der Waals surface area contributed by atoms with Crippen LogP contribution in [0.15, 0.2) is 48.7 Å². The molecule has 0 unspecified atom stereocenters. The molecule has 1 aromatic heterocycles. The minimum absolute atomic E-state index is 0.0935. The second-order valence-corrected chi connectivity index (χ2v) is 7.14. The fourth-order valence-corrected chi connectivity index (χ4v) is 3.38. The molecule has 1 saturated heterocycles. The zero-order valence-corrected chi connectivity index (χ0v) is 15.8. The number of H-pyrrole nitrogens is 1. The first-order valence-corrected chi connectivity index (χ1v) is 9.60. The Kier molecular flexibility index (Phi) is 6.23. The van der Waals surface area contributed by atoms with Gasteiger partial charge in [-0.1, -0.05) is 32.0 Å². The third kappa shape index (κ3) is 4.82. The molecule has 0 radical (unpaired) electrons. The van der Waals surface area contributed by atoms with Crippen LogP contribution in [-0.4, -0.2) is 38.6 Å². The number of nitrogens with zero attached hydrogens (tertiary/aromatic N) is 1. The Morgan fingerprint density at radius 1 is 1.19 bits per heavy atom. The molecule has 1 amide bonds. The molecule has 26 heavy (non-hydrogen) atoms. The quantitative estimate of drug-likeness (QED) is 0.823. The Bertz CT molecular complexity index is 694. The average molecular weight is 354 g/mol. The monoisotopic (exact) mass is 354 g/mol. The normalized spacial score (nSPS) is 16.3. The summed E-state index contributed by atoms with van der Waals surface area (Å²) in [6, 6.07) is 14.4. The Morgan fingerprint density at radius 2 is 1.92 bits per heavy atom. The zero-order chi connectivity index (χ0) is 18.4. The number of rotatable bonds is 6. The molecule has 0 bridgehead atoms. The molecule has 138 valence electrons. The predicted molar refractivity (Wildman–Crippen MR) is 105 cm³/mol. The number of nitrogens with one attached hydrogen (secondary N) is 3. The third-order valence-electron chi connectivity index (χ3n) is 5.29. The summed E-state index contributed by atoms with van der Waals surface area (Å²) in [6.45, 7) is 8.83. The summed E-state index contributed by atoms with van der Waals surface area (Å²) >= 11 is 0. The summed E-state index contributed by atoms with van der Waals surface area (Å²) in [5, 5.41) is 3.04. The smallest absolute Gasteiger partial charge is 0.279 e. The van der Waals surface area contributed by atoms with E-state index in [4.69, 9.17) is 0 Å². The van der Waals surface area contributed by atoms with Crippen molar-refractivity contribution in [3.63, 3.8) is 0 Å². The number of anilines is 2. The first-order chi connectivity index (χ1) is 12.7. The summed E-state index contributed by atoms with van der Waals surface area (Å²) in [5.74, 6) is 1.80. The fraction of sp³-hybridized carbons (Fsp3) is 0.429. The van der Waals surface area contributed by atoms with E-state index in [2.05, 4.69) is 47.2 Å². The minimum atomic E-state index is 0.0935. The highest BCUT2D eigenvalue weighted by Crippen LogP contribution is 2.20. The summed E-state index contributed by atoms with van der Waals surface area (Å²) < 4.78 is 0. The van der Waals surface area contributed by atoms with Crippen molar-refractivity contribution in [2.75, 3.05) is 42.9 Å². The van der Waals surface area contributed by atoms with Crippen LogP contribution >= 0.6 is 0 Å². The van der Waals surface area contributed by atoms with Crippen molar-refractivity contribution in [3.05, 3.63) is 54.2 Å². The number of hydrogen-bond acceptors (Lipinski definition) is 2. The molecule has 5 heteroatoms. The number of amides is 1. The summed E-state index contributed by atoms with van der Waals surface area (Å²) in [6.07, 6.45) is 3.08. The maximum atomic E-state index is 12.4. The summed E-state index contributed by atoms with van der Waals surface area (Å²) in [7, 11) is 0. The first kappa shape index (κ1) is 18.4. The fourth-order valence-electron chi connectivity index (χ4n) is 3.38. The number of pyridine rings is 1. The van der Waals surface area contributed by atoms with E-state index >= 15 is 0 Å². The van der Waals surface area contributed by atoms with E-state index in [0.717, 1.165) is 44.1 Å². The molecule has 0 spiro atoms. The molecule has 0 saturated carbocycles. The van der Waals surface area contributed by atoms with E-state index in [1.807, 2.05) is 30.5 Å². The number of piperazine rings is 1. The van der Waals surface area contributed by atoms with Crippen molar-refractivity contribution in [1.29, 1.82) is 0 Å². The molecule has 5 nitrogen and oxygen atoms in total. The van der Waals surface area contributed by atoms with Crippen LogP contribution in [0.25, 0.3) is 0 Å². The van der Waals surface area contributed by atoms with Gasteiger partial charge >= 0.3 is 0 Å². The molecule has 1 aliphatic rings. The first-order valence-electron chi connectivity index (χ1n) is 9.60. The van der Waals surface area contributed by atoms with Gasteiger partial charge in [0.05, 0.1) is 6.20 Å². The van der Waals surface area contributed by atoms with Gasteiger partial charge in [-0.2, -0.15) is 0 Å². The van der Waals surface area contributed by atoms with Crippen LogP contribution in [0.2, 0.25) is 0 Å². The van der Waals surface area contributed by atoms with Crippen molar-refractivity contribution in [3.8, 4) is 0 Å². The number of carbonyl (C=O) groups is 1. The molecule has 3 rings (SSSR count). The van der Waals surface area contributed by atoms with Crippen molar-refractivity contribution >= 4 is 17.4 Å². The second kappa shape index (κ2) is 8.81. The van der Waals surface area contributed by atoms with Crippen LogP contribution in [0.1, 0.15) is 31.7 Å². The highest BCUT2D eigenvalue weighted by molar-refractivity contribution is 5.91. The lowest BCUT2D eigenvalue weighted by Gasteiger charge is -2.27. The van der Waals surface area contributed by atoms with E-state index in [0.29, 0.717) is 12.5 Å². The van der Waals surface area contributed by atoms with Crippen LogP contribution < -0.4 is 20.1 Å². The standard InChI is InChI=1S/C21H28N4O/c1-3-17(2)18-7-9-19(10-8-18)23-21(26)16-24-12-14-25(15-13-24)20-6-4-5-11-22-20/h4-11,17H,3,12-16H2,1-2H3,(H,23,26)/p+2/t17-/m1/s1. The Morgan fingerprint density at radius 3 is 2.54 bits per heavy atom. The molecular formula is C21H30N4O+2. The molecule has 2 aromatic rings. The largest absolute Gasteiger partial charge is 0.321 e. The van der Waals surface area contributed by atoms with E-state index in [-0.39, 0.29) is 5.91 Å². The Balaban J connectivity index is 1.46. The maximum absolute atomic E-state index is 12.4. The number of aromatic nitrogens is 1. The highest BCUT2D eigenvalue weighted by Gasteiger charge is 2.27. The molecule has 1 aromatic carbocycles. The predicted octanol–water partition coefficient (Wildman–Crippen LogP) is 1.36. The van der Waals surface area contributed by atoms with E-state index in [1.54, 1.807) is 0 Å². The van der Waals surface area contributed by atoms with Gasteiger partial charge in [-0.25, -0.2) is 4.98 Å². The van der Waals surface area contributed by atoms with Gasteiger partial charge in [0.15, 0.2) is 6.54 Å². The molecule has 2 heterocycles. The van der Waals surface area contributed by atoms with Crippen molar-refractivity contribution in [2.24, 2.45) is 0 Å². The molecule has 1 fully saturated rings. The highest BCUT2D eigenvalue weighted by atomic mass is 16.2. The van der Waals surface area contributed by atoms with E-state index < -0.39 is 0 Å². The van der Waals surface area contributed by atoms with Crippen LogP contribution in [-0.2, 0) is 4.79 Å². The third-order valence-corrected chi connectivity index (χ3v) is 5.29. The lowest BCUT2D eigenvalue weighted by Crippen LogP contribution is -3.15. The van der Waals surface area contributed by atoms with Gasteiger partial charge < -0.3 is 10.2 Å². The van der Waals surface area contributed by atoms with Crippen LogP contribution in [0, 0.1) is 0 Å². The molecule has 0 aliphatic carbocycles. The topological polar surface area (TPSA) is 50.9 Å². The Labute approximate surface area is 156 Å². The molecule has 1 atom stereocenters. The van der Waals surface area contributed by atoms with Gasteiger partial charge in [0.1, 0.15) is 26.2 Å². The van der Waals surface area contributed by atoms with Gasteiger partial charge in [0.2, 0.25) is 0 Å². The van der Waals surface area contributed by atoms with E-state index in [9.17, 15) is 4.79 Å². The van der Waals surface area contributed by atoms with Crippen LogP contribution in [0.4, 0.5) is 11.5 Å². The number of aromatic amines is 1. The van der Waals surface area contributed by atoms with Gasteiger partial charge in [0.25, 0.3) is 11.7 Å². The number of quaternary nitrogens is 1. The summed E-state index contributed by atoms with van der Waals surface area (Å²) in [5.41, 5.74) is 2.21. The Hall–Kier alpha value is -2.40. The van der Waals surface area contributed by atoms with Gasteiger partial charge in [-0.3, -0.25) is 9.69 Å². The molecule has 3 N–H and O–H groups in total. The van der Waals surface area contributed by atoms with Gasteiger partial charge in [-0.15, -0.1) is 0 Å².